The van der Waals surface area contributed by atoms with Gasteiger partial charge in [-0.1, -0.05) is 13.8 Å². The van der Waals surface area contributed by atoms with E-state index in [0.29, 0.717) is 0 Å². The number of hydrogen-bond acceptors (Lipinski definition) is 3. The Morgan fingerprint density at radius 3 is 2.79 bits per heavy atom. The molecule has 0 saturated carbocycles. The molecule has 2 aromatic heterocycles. The van der Waals surface area contributed by atoms with Crippen LogP contribution in [0.15, 0.2) is 20.7 Å². The molecule has 74 valence electrons. The average Bonchev–Trinajstić information content (AvgIpc) is 2.66. The lowest BCUT2D eigenvalue weighted by atomic mass is 10.1. The maximum absolute atomic E-state index is 11.5. The first-order chi connectivity index (χ1) is 6.77. The van der Waals surface area contributed by atoms with Gasteiger partial charge in [-0.05, 0) is 23.4 Å². The third-order valence-corrected chi connectivity index (χ3v) is 3.30. The summed E-state index contributed by atoms with van der Waals surface area (Å²) in [6.45, 7) is 4.10. The van der Waals surface area contributed by atoms with E-state index in [0.717, 1.165) is 28.7 Å². The van der Waals surface area contributed by atoms with Crippen LogP contribution in [0, 0.1) is 0 Å². The molecule has 0 aromatic carbocycles. The van der Waals surface area contributed by atoms with Crippen LogP contribution in [0.5, 0.6) is 0 Å². The fraction of sp³-hybridized carbons (Fsp3) is 0.364. The topological polar surface area (TPSA) is 30.2 Å². The standard InChI is InChI=1S/C11H12O2S/c1-3-7-8-5-6-14-10(8)11(12)13-9(7)4-2/h5-6H,3-4H2,1-2H3. The summed E-state index contributed by atoms with van der Waals surface area (Å²) >= 11 is 1.46. The van der Waals surface area contributed by atoms with Crippen molar-refractivity contribution in [2.24, 2.45) is 0 Å². The maximum Gasteiger partial charge on any atom is 0.354 e. The van der Waals surface area contributed by atoms with Crippen molar-refractivity contribution >= 4 is 21.4 Å². The molecule has 2 aromatic rings. The number of hydrogen-bond donors (Lipinski definition) is 0. The van der Waals surface area contributed by atoms with Crippen molar-refractivity contribution in [1.82, 2.24) is 0 Å². The first-order valence-corrected chi connectivity index (χ1v) is 5.68. The third kappa shape index (κ3) is 1.28. The smallest absolute Gasteiger partial charge is 0.354 e. The van der Waals surface area contributed by atoms with E-state index >= 15 is 0 Å². The number of fused-ring (bicyclic) bond motifs is 1. The van der Waals surface area contributed by atoms with E-state index in [1.54, 1.807) is 0 Å². The molecule has 0 bridgehead atoms. The largest absolute Gasteiger partial charge is 0.427 e. The van der Waals surface area contributed by atoms with Gasteiger partial charge in [0.1, 0.15) is 10.5 Å². The van der Waals surface area contributed by atoms with Gasteiger partial charge in [0.25, 0.3) is 0 Å². The molecule has 0 radical (unpaired) electrons. The molecule has 0 aliphatic heterocycles. The average molecular weight is 208 g/mol. The van der Waals surface area contributed by atoms with Crippen LogP contribution < -0.4 is 5.63 Å². The van der Waals surface area contributed by atoms with Crippen LogP contribution in [-0.2, 0) is 12.8 Å². The number of thiophene rings is 1. The van der Waals surface area contributed by atoms with Gasteiger partial charge in [-0.2, -0.15) is 0 Å². The molecule has 0 N–H and O–H groups in total. The second-order valence-corrected chi connectivity index (χ2v) is 4.08. The molecule has 0 spiro atoms. The third-order valence-electron chi connectivity index (χ3n) is 2.40. The highest BCUT2D eigenvalue weighted by atomic mass is 32.1. The van der Waals surface area contributed by atoms with Crippen LogP contribution in [0.3, 0.4) is 0 Å². The van der Waals surface area contributed by atoms with Crippen molar-refractivity contribution < 1.29 is 4.42 Å². The van der Waals surface area contributed by atoms with Gasteiger partial charge in [0, 0.05) is 11.8 Å². The van der Waals surface area contributed by atoms with Crippen LogP contribution in [0.25, 0.3) is 10.1 Å². The Morgan fingerprint density at radius 2 is 2.14 bits per heavy atom. The van der Waals surface area contributed by atoms with E-state index in [4.69, 9.17) is 4.42 Å². The zero-order valence-electron chi connectivity index (χ0n) is 8.29. The molecule has 0 saturated heterocycles. The lowest BCUT2D eigenvalue weighted by Crippen LogP contribution is -2.03. The summed E-state index contributed by atoms with van der Waals surface area (Å²) in [7, 11) is 0. The van der Waals surface area contributed by atoms with Crippen LogP contribution >= 0.6 is 11.3 Å². The maximum atomic E-state index is 11.5. The SMILES string of the molecule is CCc1oc(=O)c2sccc2c1CC. The van der Waals surface area contributed by atoms with Gasteiger partial charge in [-0.3, -0.25) is 0 Å². The Morgan fingerprint density at radius 1 is 1.36 bits per heavy atom. The van der Waals surface area contributed by atoms with Gasteiger partial charge in [0.15, 0.2) is 0 Å². The summed E-state index contributed by atoms with van der Waals surface area (Å²) in [5.74, 6) is 0.836. The molecule has 0 aliphatic carbocycles. The first-order valence-electron chi connectivity index (χ1n) is 4.80. The molecule has 0 fully saturated rings. The molecule has 0 atom stereocenters. The second kappa shape index (κ2) is 3.58. The minimum atomic E-state index is -0.191. The first kappa shape index (κ1) is 9.46. The molecule has 0 amide bonds. The van der Waals surface area contributed by atoms with Gasteiger partial charge in [0.05, 0.1) is 0 Å². The minimum absolute atomic E-state index is 0.191. The zero-order valence-corrected chi connectivity index (χ0v) is 9.11. The molecular weight excluding hydrogens is 196 g/mol. The van der Waals surface area contributed by atoms with E-state index in [1.165, 1.54) is 16.9 Å². The molecule has 2 rings (SSSR count). The van der Waals surface area contributed by atoms with Gasteiger partial charge in [-0.15, -0.1) is 11.3 Å². The van der Waals surface area contributed by atoms with E-state index < -0.39 is 0 Å². The molecule has 0 unspecified atom stereocenters. The molecule has 2 heterocycles. The fourth-order valence-electron chi connectivity index (χ4n) is 1.75. The van der Waals surface area contributed by atoms with Crippen LogP contribution in [0.2, 0.25) is 0 Å². The predicted octanol–water partition coefficient (Wildman–Crippen LogP) is 2.98. The van der Waals surface area contributed by atoms with Crippen LogP contribution in [-0.4, -0.2) is 0 Å². The Bertz CT molecular complexity index is 507. The number of aryl methyl sites for hydroxylation is 2. The second-order valence-electron chi connectivity index (χ2n) is 3.16. The van der Waals surface area contributed by atoms with Gasteiger partial charge < -0.3 is 4.42 Å². The predicted molar refractivity (Wildman–Crippen MR) is 59.1 cm³/mol. The molecule has 3 heteroatoms. The van der Waals surface area contributed by atoms with Crippen LogP contribution in [0.1, 0.15) is 25.2 Å². The highest BCUT2D eigenvalue weighted by Crippen LogP contribution is 2.24. The quantitative estimate of drug-likeness (QED) is 0.759. The van der Waals surface area contributed by atoms with E-state index in [2.05, 4.69) is 6.92 Å². The van der Waals surface area contributed by atoms with Crippen LogP contribution in [0.4, 0.5) is 0 Å². The summed E-state index contributed by atoms with van der Waals surface area (Å²) in [5, 5.41) is 3.02. The Balaban J connectivity index is 2.89. The van der Waals surface area contributed by atoms with E-state index in [1.807, 2.05) is 18.4 Å². The van der Waals surface area contributed by atoms with Crippen molar-refractivity contribution in [2.75, 3.05) is 0 Å². The van der Waals surface area contributed by atoms with Crippen molar-refractivity contribution in [3.8, 4) is 0 Å². The Labute approximate surface area is 86.2 Å². The van der Waals surface area contributed by atoms with Gasteiger partial charge in [0.2, 0.25) is 0 Å². The minimum Gasteiger partial charge on any atom is -0.427 e. The Hall–Kier alpha value is -1.09. The van der Waals surface area contributed by atoms with Crippen molar-refractivity contribution in [3.05, 3.63) is 33.2 Å². The van der Waals surface area contributed by atoms with Crippen molar-refractivity contribution in [1.29, 1.82) is 0 Å². The lowest BCUT2D eigenvalue weighted by molar-refractivity contribution is 0.467. The van der Waals surface area contributed by atoms with Crippen molar-refractivity contribution in [3.63, 3.8) is 0 Å². The highest BCUT2D eigenvalue weighted by molar-refractivity contribution is 7.17. The zero-order chi connectivity index (χ0) is 10.1. The summed E-state index contributed by atoms with van der Waals surface area (Å²) < 4.78 is 6.02. The molecule has 2 nitrogen and oxygen atoms in total. The molecule has 14 heavy (non-hydrogen) atoms. The molecule has 0 aliphatic rings. The summed E-state index contributed by atoms with van der Waals surface area (Å²) in [6, 6.07) is 2.01. The molecular formula is C11H12O2S. The summed E-state index contributed by atoms with van der Waals surface area (Å²) in [4.78, 5) is 11.5. The van der Waals surface area contributed by atoms with E-state index in [-0.39, 0.29) is 5.63 Å². The lowest BCUT2D eigenvalue weighted by Gasteiger charge is -2.04. The number of rotatable bonds is 2. The normalized spacial score (nSPS) is 11.0. The summed E-state index contributed by atoms with van der Waals surface area (Å²) in [5.41, 5.74) is 0.993. The van der Waals surface area contributed by atoms with Gasteiger partial charge in [-0.25, -0.2) is 4.79 Å². The monoisotopic (exact) mass is 208 g/mol. The highest BCUT2D eigenvalue weighted by Gasteiger charge is 2.11. The van der Waals surface area contributed by atoms with E-state index in [9.17, 15) is 4.79 Å². The van der Waals surface area contributed by atoms with Gasteiger partial charge >= 0.3 is 5.63 Å². The summed E-state index contributed by atoms with van der Waals surface area (Å²) in [6.07, 6.45) is 1.70. The Kier molecular flexibility index (Phi) is 2.42. The van der Waals surface area contributed by atoms with Crippen molar-refractivity contribution in [2.45, 2.75) is 26.7 Å². The fourth-order valence-corrected chi connectivity index (χ4v) is 2.54.